The Morgan fingerprint density at radius 1 is 0.903 bits per heavy atom. The van der Waals surface area contributed by atoms with Crippen LogP contribution in [0.5, 0.6) is 0 Å². The summed E-state index contributed by atoms with van der Waals surface area (Å²) in [7, 11) is 0. The molecule has 4 aromatic rings. The molecule has 0 radical (unpaired) electrons. The summed E-state index contributed by atoms with van der Waals surface area (Å²) in [4.78, 5) is 10.1. The Hall–Kier alpha value is -3.50. The molecule has 0 saturated heterocycles. The Bertz CT molecular complexity index is 1180. The number of halogens is 1. The second kappa shape index (κ2) is 8.70. The van der Waals surface area contributed by atoms with Crippen molar-refractivity contribution in [1.29, 1.82) is 0 Å². The van der Waals surface area contributed by atoms with E-state index < -0.39 is 0 Å². The number of aromatic amines is 1. The van der Waals surface area contributed by atoms with Gasteiger partial charge in [0.1, 0.15) is 5.82 Å². The van der Waals surface area contributed by atoms with E-state index in [2.05, 4.69) is 57.5 Å². The molecule has 0 bridgehead atoms. The number of hydrogen-bond donors (Lipinski definition) is 1. The number of pyridine rings is 1. The summed E-state index contributed by atoms with van der Waals surface area (Å²) in [6, 6.07) is 21.3. The van der Waals surface area contributed by atoms with E-state index in [0.29, 0.717) is 0 Å². The van der Waals surface area contributed by atoms with E-state index in [4.69, 9.17) is 0 Å². The Labute approximate surface area is 181 Å². The van der Waals surface area contributed by atoms with Crippen LogP contribution in [0.15, 0.2) is 91.4 Å². The van der Waals surface area contributed by atoms with Gasteiger partial charge in [-0.15, -0.1) is 0 Å². The second-order valence-electron chi connectivity index (χ2n) is 7.90. The molecular weight excluding hydrogens is 385 g/mol. The first kappa shape index (κ1) is 19.5. The normalized spacial score (nSPS) is 14.4. The fourth-order valence-corrected chi connectivity index (χ4v) is 4.28. The zero-order valence-corrected chi connectivity index (χ0v) is 17.3. The molecule has 1 N–H and O–H groups in total. The summed E-state index contributed by atoms with van der Waals surface area (Å²) in [5.74, 6) is -0.227. The van der Waals surface area contributed by atoms with Crippen LogP contribution in [0.25, 0.3) is 28.0 Å². The molecule has 0 atom stereocenters. The van der Waals surface area contributed by atoms with Gasteiger partial charge in [0, 0.05) is 49.4 Å². The largest absolute Gasteiger partial charge is 0.360 e. The molecule has 0 spiro atoms. The molecule has 0 unspecified atom stereocenters. The quantitative estimate of drug-likeness (QED) is 0.427. The summed E-state index contributed by atoms with van der Waals surface area (Å²) in [5.41, 5.74) is 8.15. The molecular formula is C27H24FN3. The number of benzene rings is 2. The van der Waals surface area contributed by atoms with Crippen LogP contribution in [0.3, 0.4) is 0 Å². The molecule has 5 rings (SSSR count). The third-order valence-corrected chi connectivity index (χ3v) is 5.87. The summed E-state index contributed by atoms with van der Waals surface area (Å²) in [6.07, 6.45) is 9.06. The average Bonchev–Trinajstić information content (AvgIpc) is 3.26. The SMILES string of the molecule is Fc1ccc(-c2[nH]cc(C3=CCN(Cc4ccccc4)CC3)c2-c2ccncc2)cc1. The Kier molecular flexibility index (Phi) is 5.46. The first-order valence-electron chi connectivity index (χ1n) is 10.6. The first-order chi connectivity index (χ1) is 15.3. The van der Waals surface area contributed by atoms with Crippen LogP contribution in [0.2, 0.25) is 0 Å². The second-order valence-corrected chi connectivity index (χ2v) is 7.90. The van der Waals surface area contributed by atoms with Crippen molar-refractivity contribution >= 4 is 5.57 Å². The minimum Gasteiger partial charge on any atom is -0.360 e. The highest BCUT2D eigenvalue weighted by Crippen LogP contribution is 2.39. The van der Waals surface area contributed by atoms with Gasteiger partial charge >= 0.3 is 0 Å². The first-order valence-corrected chi connectivity index (χ1v) is 10.6. The lowest BCUT2D eigenvalue weighted by Crippen LogP contribution is -2.28. The van der Waals surface area contributed by atoms with Crippen molar-refractivity contribution in [3.8, 4) is 22.4 Å². The lowest BCUT2D eigenvalue weighted by molar-refractivity contribution is 0.294. The van der Waals surface area contributed by atoms with Gasteiger partial charge in [-0.25, -0.2) is 4.39 Å². The summed E-state index contributed by atoms with van der Waals surface area (Å²) in [6.45, 7) is 2.92. The monoisotopic (exact) mass is 409 g/mol. The van der Waals surface area contributed by atoms with Crippen molar-refractivity contribution in [3.05, 3.63) is 108 Å². The van der Waals surface area contributed by atoms with E-state index in [1.54, 1.807) is 0 Å². The van der Waals surface area contributed by atoms with Crippen LogP contribution in [0.4, 0.5) is 4.39 Å². The Morgan fingerprint density at radius 3 is 2.39 bits per heavy atom. The fraction of sp³-hybridized carbons (Fsp3) is 0.148. The molecule has 2 aromatic carbocycles. The van der Waals surface area contributed by atoms with Gasteiger partial charge in [0.05, 0.1) is 5.69 Å². The molecule has 1 aliphatic rings. The highest BCUT2D eigenvalue weighted by Gasteiger charge is 2.20. The highest BCUT2D eigenvalue weighted by molar-refractivity contribution is 5.91. The van der Waals surface area contributed by atoms with Gasteiger partial charge in [-0.1, -0.05) is 36.4 Å². The predicted molar refractivity (Wildman–Crippen MR) is 124 cm³/mol. The van der Waals surface area contributed by atoms with Crippen molar-refractivity contribution in [2.75, 3.05) is 13.1 Å². The number of nitrogens with zero attached hydrogens (tertiary/aromatic N) is 2. The fourth-order valence-electron chi connectivity index (χ4n) is 4.28. The van der Waals surface area contributed by atoms with E-state index >= 15 is 0 Å². The van der Waals surface area contributed by atoms with E-state index in [-0.39, 0.29) is 5.82 Å². The molecule has 1 aliphatic heterocycles. The lowest BCUT2D eigenvalue weighted by Gasteiger charge is -2.26. The number of nitrogens with one attached hydrogen (secondary N) is 1. The minimum atomic E-state index is -0.227. The van der Waals surface area contributed by atoms with Gasteiger partial charge < -0.3 is 4.98 Å². The molecule has 31 heavy (non-hydrogen) atoms. The number of hydrogen-bond acceptors (Lipinski definition) is 2. The van der Waals surface area contributed by atoms with Gasteiger partial charge in [0.25, 0.3) is 0 Å². The summed E-state index contributed by atoms with van der Waals surface area (Å²) >= 11 is 0. The Balaban J connectivity index is 1.47. The van der Waals surface area contributed by atoms with E-state index in [0.717, 1.165) is 48.4 Å². The zero-order valence-electron chi connectivity index (χ0n) is 17.3. The maximum Gasteiger partial charge on any atom is 0.123 e. The highest BCUT2D eigenvalue weighted by atomic mass is 19.1. The van der Waals surface area contributed by atoms with Crippen LogP contribution in [0.1, 0.15) is 17.5 Å². The van der Waals surface area contributed by atoms with Crippen molar-refractivity contribution in [3.63, 3.8) is 0 Å². The van der Waals surface area contributed by atoms with Crippen LogP contribution in [-0.4, -0.2) is 28.0 Å². The average molecular weight is 410 g/mol. The van der Waals surface area contributed by atoms with Gasteiger partial charge in [-0.05, 0) is 65.1 Å². The van der Waals surface area contributed by atoms with Crippen LogP contribution in [0, 0.1) is 5.82 Å². The minimum absolute atomic E-state index is 0.227. The van der Waals surface area contributed by atoms with Crippen LogP contribution in [-0.2, 0) is 6.54 Å². The summed E-state index contributed by atoms with van der Waals surface area (Å²) < 4.78 is 13.5. The van der Waals surface area contributed by atoms with Crippen LogP contribution < -0.4 is 0 Å². The van der Waals surface area contributed by atoms with Gasteiger partial charge in [0.15, 0.2) is 0 Å². The van der Waals surface area contributed by atoms with E-state index in [9.17, 15) is 4.39 Å². The van der Waals surface area contributed by atoms with Gasteiger partial charge in [-0.2, -0.15) is 0 Å². The molecule has 0 amide bonds. The zero-order chi connectivity index (χ0) is 21.0. The maximum atomic E-state index is 13.5. The third kappa shape index (κ3) is 4.21. The van der Waals surface area contributed by atoms with E-state index in [1.165, 1.54) is 28.8 Å². The number of rotatable bonds is 5. The molecule has 4 heteroatoms. The van der Waals surface area contributed by atoms with Crippen molar-refractivity contribution < 1.29 is 4.39 Å². The number of H-pyrrole nitrogens is 1. The van der Waals surface area contributed by atoms with Crippen LogP contribution >= 0.6 is 0 Å². The molecule has 3 nitrogen and oxygen atoms in total. The molecule has 154 valence electrons. The van der Waals surface area contributed by atoms with E-state index in [1.807, 2.05) is 36.7 Å². The Morgan fingerprint density at radius 2 is 1.68 bits per heavy atom. The topological polar surface area (TPSA) is 31.9 Å². The third-order valence-electron chi connectivity index (χ3n) is 5.87. The number of aromatic nitrogens is 2. The standard InChI is InChI=1S/C27H24FN3/c28-24-8-6-23(7-9-24)27-26(22-10-14-29-15-11-22)25(18-30-27)21-12-16-31(17-13-21)19-20-4-2-1-3-5-20/h1-12,14-15,18,30H,13,16-17,19H2. The molecule has 0 fully saturated rings. The van der Waals surface area contributed by atoms with Crippen molar-refractivity contribution in [2.24, 2.45) is 0 Å². The molecule has 0 aliphatic carbocycles. The molecule has 3 heterocycles. The maximum absolute atomic E-state index is 13.5. The van der Waals surface area contributed by atoms with Gasteiger partial charge in [0.2, 0.25) is 0 Å². The summed E-state index contributed by atoms with van der Waals surface area (Å²) in [5, 5.41) is 0. The predicted octanol–water partition coefficient (Wildman–Crippen LogP) is 6.17. The smallest absolute Gasteiger partial charge is 0.123 e. The molecule has 0 saturated carbocycles. The molecule has 2 aromatic heterocycles. The van der Waals surface area contributed by atoms with Gasteiger partial charge in [-0.3, -0.25) is 9.88 Å². The van der Waals surface area contributed by atoms with Crippen molar-refractivity contribution in [1.82, 2.24) is 14.9 Å². The lowest BCUT2D eigenvalue weighted by atomic mass is 9.92. The van der Waals surface area contributed by atoms with Crippen molar-refractivity contribution in [2.45, 2.75) is 13.0 Å².